The highest BCUT2D eigenvalue weighted by Crippen LogP contribution is 2.29. The van der Waals surface area contributed by atoms with Crippen LogP contribution in [0.3, 0.4) is 0 Å². The number of aryl methyl sites for hydroxylation is 1. The summed E-state index contributed by atoms with van der Waals surface area (Å²) < 4.78 is 0. The van der Waals surface area contributed by atoms with Crippen molar-refractivity contribution in [3.05, 3.63) is 21.9 Å². The van der Waals surface area contributed by atoms with Crippen LogP contribution in [0.2, 0.25) is 0 Å². The van der Waals surface area contributed by atoms with Gasteiger partial charge in [0.1, 0.15) is 0 Å². The first-order valence-electron chi connectivity index (χ1n) is 7.97. The minimum absolute atomic E-state index is 0.754. The van der Waals surface area contributed by atoms with Crippen molar-refractivity contribution in [2.75, 3.05) is 0 Å². The molecule has 0 bridgehead atoms. The van der Waals surface area contributed by atoms with Crippen molar-refractivity contribution in [3.8, 4) is 0 Å². The molecule has 1 aromatic heterocycles. The van der Waals surface area contributed by atoms with Crippen LogP contribution in [0.15, 0.2) is 11.4 Å². The maximum atomic E-state index is 3.81. The SMILES string of the molecule is CCc1ccsc1CNC1CCCC(CC(C)C)C1. The van der Waals surface area contributed by atoms with E-state index in [1.54, 1.807) is 4.88 Å². The fourth-order valence-electron chi connectivity index (χ4n) is 3.43. The minimum Gasteiger partial charge on any atom is -0.309 e. The minimum atomic E-state index is 0.754. The van der Waals surface area contributed by atoms with Gasteiger partial charge in [0, 0.05) is 17.5 Å². The van der Waals surface area contributed by atoms with Gasteiger partial charge in [-0.15, -0.1) is 11.3 Å². The predicted octanol–water partition coefficient (Wildman–Crippen LogP) is 5.01. The van der Waals surface area contributed by atoms with Crippen molar-refractivity contribution >= 4 is 11.3 Å². The lowest BCUT2D eigenvalue weighted by atomic mass is 9.81. The van der Waals surface area contributed by atoms with Gasteiger partial charge in [-0.2, -0.15) is 0 Å². The molecule has 1 aliphatic rings. The Balaban J connectivity index is 1.79. The van der Waals surface area contributed by atoms with Gasteiger partial charge in [0.15, 0.2) is 0 Å². The molecule has 2 unspecified atom stereocenters. The quantitative estimate of drug-likeness (QED) is 0.772. The average molecular weight is 279 g/mol. The van der Waals surface area contributed by atoms with E-state index in [9.17, 15) is 0 Å². The molecule has 108 valence electrons. The fraction of sp³-hybridized carbons (Fsp3) is 0.765. The van der Waals surface area contributed by atoms with Crippen LogP contribution < -0.4 is 5.32 Å². The third kappa shape index (κ3) is 4.61. The lowest BCUT2D eigenvalue weighted by molar-refractivity contribution is 0.252. The highest BCUT2D eigenvalue weighted by molar-refractivity contribution is 7.10. The number of hydrogen-bond donors (Lipinski definition) is 1. The molecule has 1 aliphatic carbocycles. The molecule has 2 rings (SSSR count). The van der Waals surface area contributed by atoms with Gasteiger partial charge < -0.3 is 5.32 Å². The van der Waals surface area contributed by atoms with Gasteiger partial charge in [-0.25, -0.2) is 0 Å². The molecular weight excluding hydrogens is 250 g/mol. The van der Waals surface area contributed by atoms with Crippen molar-refractivity contribution in [3.63, 3.8) is 0 Å². The normalized spacial score (nSPS) is 24.0. The third-order valence-corrected chi connectivity index (χ3v) is 5.32. The van der Waals surface area contributed by atoms with Crippen molar-refractivity contribution in [2.24, 2.45) is 11.8 Å². The molecule has 0 radical (unpaired) electrons. The Bertz CT molecular complexity index is 369. The van der Waals surface area contributed by atoms with E-state index >= 15 is 0 Å². The summed E-state index contributed by atoms with van der Waals surface area (Å²) in [5.74, 6) is 1.81. The van der Waals surface area contributed by atoms with Gasteiger partial charge in [-0.05, 0) is 54.5 Å². The summed E-state index contributed by atoms with van der Waals surface area (Å²) in [6.45, 7) is 8.05. The maximum absolute atomic E-state index is 3.81. The van der Waals surface area contributed by atoms with Crippen LogP contribution in [-0.4, -0.2) is 6.04 Å². The van der Waals surface area contributed by atoms with E-state index in [1.165, 1.54) is 44.1 Å². The van der Waals surface area contributed by atoms with E-state index < -0.39 is 0 Å². The van der Waals surface area contributed by atoms with Crippen LogP contribution in [0.25, 0.3) is 0 Å². The van der Waals surface area contributed by atoms with E-state index in [0.29, 0.717) is 0 Å². The molecule has 0 spiro atoms. The van der Waals surface area contributed by atoms with Crippen LogP contribution in [0, 0.1) is 11.8 Å². The molecule has 1 heterocycles. The van der Waals surface area contributed by atoms with Crippen LogP contribution in [0.4, 0.5) is 0 Å². The lowest BCUT2D eigenvalue weighted by Gasteiger charge is -2.31. The van der Waals surface area contributed by atoms with Crippen molar-refractivity contribution in [1.29, 1.82) is 0 Å². The topological polar surface area (TPSA) is 12.0 Å². The van der Waals surface area contributed by atoms with Crippen LogP contribution in [0.1, 0.15) is 63.3 Å². The Morgan fingerprint density at radius 2 is 2.21 bits per heavy atom. The summed E-state index contributed by atoms with van der Waals surface area (Å²) in [5.41, 5.74) is 1.53. The second kappa shape index (κ2) is 7.44. The number of hydrogen-bond acceptors (Lipinski definition) is 2. The molecular formula is C17H29NS. The van der Waals surface area contributed by atoms with Gasteiger partial charge in [0.05, 0.1) is 0 Å². The molecule has 1 N–H and O–H groups in total. The molecule has 0 saturated heterocycles. The monoisotopic (exact) mass is 279 g/mol. The second-order valence-corrected chi connectivity index (χ2v) is 7.46. The highest BCUT2D eigenvalue weighted by atomic mass is 32.1. The van der Waals surface area contributed by atoms with E-state index in [4.69, 9.17) is 0 Å². The van der Waals surface area contributed by atoms with Gasteiger partial charge in [-0.1, -0.05) is 33.6 Å². The largest absolute Gasteiger partial charge is 0.309 e. The zero-order chi connectivity index (χ0) is 13.7. The van der Waals surface area contributed by atoms with E-state index in [2.05, 4.69) is 37.5 Å². The summed E-state index contributed by atoms with van der Waals surface area (Å²) in [6, 6.07) is 3.04. The van der Waals surface area contributed by atoms with E-state index in [-0.39, 0.29) is 0 Å². The first kappa shape index (κ1) is 15.1. The Morgan fingerprint density at radius 1 is 1.37 bits per heavy atom. The summed E-state index contributed by atoms with van der Waals surface area (Å²) in [7, 11) is 0. The molecule has 0 aromatic carbocycles. The average Bonchev–Trinajstić information content (AvgIpc) is 2.83. The summed E-state index contributed by atoms with van der Waals surface area (Å²) in [4.78, 5) is 1.55. The van der Waals surface area contributed by atoms with Gasteiger partial charge in [0.2, 0.25) is 0 Å². The maximum Gasteiger partial charge on any atom is 0.0305 e. The van der Waals surface area contributed by atoms with Crippen molar-refractivity contribution in [1.82, 2.24) is 5.32 Å². The highest BCUT2D eigenvalue weighted by Gasteiger charge is 2.22. The van der Waals surface area contributed by atoms with E-state index in [1.807, 2.05) is 11.3 Å². The van der Waals surface area contributed by atoms with E-state index in [0.717, 1.165) is 24.4 Å². The number of nitrogens with one attached hydrogen (secondary N) is 1. The van der Waals surface area contributed by atoms with Crippen LogP contribution in [-0.2, 0) is 13.0 Å². The molecule has 0 aliphatic heterocycles. The smallest absolute Gasteiger partial charge is 0.0305 e. The van der Waals surface area contributed by atoms with Crippen molar-refractivity contribution in [2.45, 2.75) is 71.9 Å². The standard InChI is InChI=1S/C17H29NS/c1-4-15-8-9-19-17(15)12-18-16-7-5-6-14(11-16)10-13(2)3/h8-9,13-14,16,18H,4-7,10-12H2,1-3H3. The van der Waals surface area contributed by atoms with Gasteiger partial charge >= 0.3 is 0 Å². The molecule has 0 amide bonds. The number of thiophene rings is 1. The third-order valence-electron chi connectivity index (χ3n) is 4.36. The van der Waals surface area contributed by atoms with Gasteiger partial charge in [0.25, 0.3) is 0 Å². The predicted molar refractivity (Wildman–Crippen MR) is 85.7 cm³/mol. The molecule has 2 heteroatoms. The molecule has 1 nitrogen and oxygen atoms in total. The fourth-order valence-corrected chi connectivity index (χ4v) is 4.36. The number of rotatable bonds is 6. The first-order valence-corrected chi connectivity index (χ1v) is 8.85. The first-order chi connectivity index (χ1) is 9.19. The van der Waals surface area contributed by atoms with Crippen molar-refractivity contribution < 1.29 is 0 Å². The Kier molecular flexibility index (Phi) is 5.90. The Hall–Kier alpha value is -0.340. The molecule has 19 heavy (non-hydrogen) atoms. The zero-order valence-corrected chi connectivity index (χ0v) is 13.6. The summed E-state index contributed by atoms with van der Waals surface area (Å²) in [5, 5.41) is 6.05. The van der Waals surface area contributed by atoms with Crippen LogP contribution >= 0.6 is 11.3 Å². The Labute approximate surface area is 122 Å². The summed E-state index contributed by atoms with van der Waals surface area (Å²) in [6.07, 6.45) is 8.22. The Morgan fingerprint density at radius 3 is 2.95 bits per heavy atom. The summed E-state index contributed by atoms with van der Waals surface area (Å²) >= 11 is 1.91. The molecule has 1 fully saturated rings. The second-order valence-electron chi connectivity index (χ2n) is 6.46. The molecule has 2 atom stereocenters. The zero-order valence-electron chi connectivity index (χ0n) is 12.7. The molecule has 1 aromatic rings. The lowest BCUT2D eigenvalue weighted by Crippen LogP contribution is -2.34. The molecule has 1 saturated carbocycles. The van der Waals surface area contributed by atoms with Gasteiger partial charge in [-0.3, -0.25) is 0 Å². The van der Waals surface area contributed by atoms with Crippen LogP contribution in [0.5, 0.6) is 0 Å².